The van der Waals surface area contributed by atoms with E-state index >= 15 is 0 Å². The number of hydrogen-bond donors (Lipinski definition) is 0. The predicted octanol–water partition coefficient (Wildman–Crippen LogP) is 5.14. The van der Waals surface area contributed by atoms with Gasteiger partial charge < -0.3 is 4.74 Å². The highest BCUT2D eigenvalue weighted by atomic mass is 35.5. The van der Waals surface area contributed by atoms with Gasteiger partial charge in [0, 0.05) is 29.5 Å². The first-order chi connectivity index (χ1) is 13.9. The van der Waals surface area contributed by atoms with E-state index in [4.69, 9.17) is 16.3 Å². The molecule has 3 aromatic heterocycles. The molecule has 1 aliphatic carbocycles. The molecule has 1 aromatic carbocycles. The third-order valence-corrected chi connectivity index (χ3v) is 5.26. The van der Waals surface area contributed by atoms with Crippen LogP contribution >= 0.6 is 11.6 Å². The number of rotatable bonds is 4. The standard InChI is InChI=1S/C20H14ClF3N4O/c21-18-9-15(19-26-4-5-28(19)27-18)14-8-13(14)11-6-16-12(2-1-3-25-16)17(7-11)29-10-20(22,23)24/h1-7,9,13-14H,8,10H2/t13-,14?/m1/s1. The van der Waals surface area contributed by atoms with E-state index in [2.05, 4.69) is 15.1 Å². The first-order valence-electron chi connectivity index (χ1n) is 8.97. The van der Waals surface area contributed by atoms with Crippen LogP contribution in [0, 0.1) is 0 Å². The van der Waals surface area contributed by atoms with E-state index in [0.717, 1.165) is 23.2 Å². The van der Waals surface area contributed by atoms with Crippen LogP contribution in [0.1, 0.15) is 29.4 Å². The summed E-state index contributed by atoms with van der Waals surface area (Å²) in [6.07, 6.45) is 1.42. The van der Waals surface area contributed by atoms with Crippen molar-refractivity contribution in [1.29, 1.82) is 0 Å². The summed E-state index contributed by atoms with van der Waals surface area (Å²) in [7, 11) is 0. The topological polar surface area (TPSA) is 52.3 Å². The van der Waals surface area contributed by atoms with Crippen molar-refractivity contribution in [2.75, 3.05) is 6.61 Å². The van der Waals surface area contributed by atoms with Gasteiger partial charge in [-0.15, -0.1) is 0 Å². The molecular formula is C20H14ClF3N4O. The summed E-state index contributed by atoms with van der Waals surface area (Å²) >= 11 is 6.14. The summed E-state index contributed by atoms with van der Waals surface area (Å²) in [5.74, 6) is 0.456. The van der Waals surface area contributed by atoms with Crippen molar-refractivity contribution in [2.45, 2.75) is 24.4 Å². The minimum absolute atomic E-state index is 0.119. The maximum atomic E-state index is 12.7. The van der Waals surface area contributed by atoms with Gasteiger partial charge in [0.05, 0.1) is 5.52 Å². The van der Waals surface area contributed by atoms with Gasteiger partial charge in [-0.2, -0.15) is 18.3 Å². The highest BCUT2D eigenvalue weighted by molar-refractivity contribution is 6.29. The van der Waals surface area contributed by atoms with Gasteiger partial charge in [-0.25, -0.2) is 9.50 Å². The molecule has 2 atom stereocenters. The molecule has 0 bridgehead atoms. The zero-order chi connectivity index (χ0) is 20.2. The van der Waals surface area contributed by atoms with Crippen LogP contribution in [0.3, 0.4) is 0 Å². The van der Waals surface area contributed by atoms with Crippen LogP contribution in [0.15, 0.2) is 48.9 Å². The highest BCUT2D eigenvalue weighted by Gasteiger charge is 2.42. The zero-order valence-electron chi connectivity index (χ0n) is 14.9. The molecule has 0 spiro atoms. The second kappa shape index (κ2) is 6.59. The van der Waals surface area contributed by atoms with E-state index < -0.39 is 12.8 Å². The lowest BCUT2D eigenvalue weighted by atomic mass is 10.0. The molecule has 0 amide bonds. The summed E-state index contributed by atoms with van der Waals surface area (Å²) in [5.41, 5.74) is 3.19. The van der Waals surface area contributed by atoms with Crippen LogP contribution in [-0.2, 0) is 0 Å². The first-order valence-corrected chi connectivity index (χ1v) is 9.35. The summed E-state index contributed by atoms with van der Waals surface area (Å²) in [6.45, 7) is -1.34. The quantitative estimate of drug-likeness (QED) is 0.460. The summed E-state index contributed by atoms with van der Waals surface area (Å²) < 4.78 is 44.8. The molecular weight excluding hydrogens is 405 g/mol. The van der Waals surface area contributed by atoms with E-state index in [-0.39, 0.29) is 17.6 Å². The van der Waals surface area contributed by atoms with Gasteiger partial charge in [0.1, 0.15) is 10.9 Å². The molecule has 4 aromatic rings. The monoisotopic (exact) mass is 418 g/mol. The fourth-order valence-corrected chi connectivity index (χ4v) is 3.95. The van der Waals surface area contributed by atoms with Crippen molar-refractivity contribution >= 4 is 28.2 Å². The molecule has 0 N–H and O–H groups in total. The Morgan fingerprint density at radius 1 is 1.14 bits per heavy atom. The molecule has 0 saturated heterocycles. The van der Waals surface area contributed by atoms with Gasteiger partial charge in [-0.3, -0.25) is 4.98 Å². The molecule has 9 heteroatoms. The number of aromatic nitrogens is 4. The van der Waals surface area contributed by atoms with Crippen LogP contribution in [0.25, 0.3) is 16.6 Å². The molecule has 148 valence electrons. The smallest absolute Gasteiger partial charge is 0.422 e. The average Bonchev–Trinajstić information content (AvgIpc) is 3.34. The Kier molecular flexibility index (Phi) is 4.13. The van der Waals surface area contributed by atoms with Crippen molar-refractivity contribution in [2.24, 2.45) is 0 Å². The van der Waals surface area contributed by atoms with Gasteiger partial charge in [0.15, 0.2) is 12.3 Å². The number of fused-ring (bicyclic) bond motifs is 2. The van der Waals surface area contributed by atoms with E-state index in [1.54, 1.807) is 47.4 Å². The first kappa shape index (κ1) is 18.2. The Morgan fingerprint density at radius 2 is 2.00 bits per heavy atom. The summed E-state index contributed by atoms with van der Waals surface area (Å²) in [6, 6.07) is 8.78. The molecule has 0 radical (unpaired) electrons. The normalized spacial score (nSPS) is 19.0. The van der Waals surface area contributed by atoms with Crippen LogP contribution in [0.5, 0.6) is 5.75 Å². The number of nitrogens with zero attached hydrogens (tertiary/aromatic N) is 4. The highest BCUT2D eigenvalue weighted by Crippen LogP contribution is 2.56. The maximum absolute atomic E-state index is 12.7. The van der Waals surface area contributed by atoms with Gasteiger partial charge in [0.2, 0.25) is 0 Å². The summed E-state index contributed by atoms with van der Waals surface area (Å²) in [4.78, 5) is 8.65. The van der Waals surface area contributed by atoms with E-state index in [0.29, 0.717) is 16.1 Å². The number of imidazole rings is 1. The Balaban J connectivity index is 1.52. The Labute approximate surface area is 168 Å². The van der Waals surface area contributed by atoms with Gasteiger partial charge in [0.25, 0.3) is 0 Å². The van der Waals surface area contributed by atoms with E-state index in [1.165, 1.54) is 0 Å². The van der Waals surface area contributed by atoms with Gasteiger partial charge >= 0.3 is 6.18 Å². The lowest BCUT2D eigenvalue weighted by molar-refractivity contribution is -0.153. The van der Waals surface area contributed by atoms with Crippen molar-refractivity contribution in [1.82, 2.24) is 19.6 Å². The largest absolute Gasteiger partial charge is 0.483 e. The zero-order valence-corrected chi connectivity index (χ0v) is 15.7. The molecule has 1 saturated carbocycles. The average molecular weight is 419 g/mol. The van der Waals surface area contributed by atoms with Gasteiger partial charge in [-0.05, 0) is 54.2 Å². The number of hydrogen-bond acceptors (Lipinski definition) is 4. The minimum Gasteiger partial charge on any atom is -0.483 e. The lowest BCUT2D eigenvalue weighted by Gasteiger charge is -2.13. The Morgan fingerprint density at radius 3 is 2.83 bits per heavy atom. The van der Waals surface area contributed by atoms with Crippen LogP contribution in [-0.4, -0.2) is 32.4 Å². The number of halogens is 4. The van der Waals surface area contributed by atoms with Gasteiger partial charge in [-0.1, -0.05) is 11.6 Å². The van der Waals surface area contributed by atoms with Crippen LogP contribution in [0.4, 0.5) is 13.2 Å². The molecule has 5 nitrogen and oxygen atoms in total. The van der Waals surface area contributed by atoms with Crippen LogP contribution in [0.2, 0.25) is 5.15 Å². The number of pyridine rings is 1. The number of ether oxygens (including phenoxy) is 1. The molecule has 1 unspecified atom stereocenters. The molecule has 3 heterocycles. The molecule has 0 aliphatic heterocycles. The Bertz CT molecular complexity index is 1220. The number of benzene rings is 1. The second-order valence-electron chi connectivity index (χ2n) is 7.06. The SMILES string of the molecule is FC(F)(F)COc1cc([C@H]2CC2c2cc(Cl)nn3ccnc23)cc2ncccc12. The molecule has 1 aliphatic rings. The van der Waals surface area contributed by atoms with Crippen molar-refractivity contribution in [3.8, 4) is 5.75 Å². The molecule has 5 rings (SSSR count). The molecule has 29 heavy (non-hydrogen) atoms. The lowest BCUT2D eigenvalue weighted by Crippen LogP contribution is -2.19. The second-order valence-corrected chi connectivity index (χ2v) is 7.45. The van der Waals surface area contributed by atoms with E-state index in [9.17, 15) is 13.2 Å². The third-order valence-electron chi connectivity index (χ3n) is 5.07. The predicted molar refractivity (Wildman–Crippen MR) is 101 cm³/mol. The van der Waals surface area contributed by atoms with Crippen molar-refractivity contribution in [3.05, 3.63) is 65.2 Å². The van der Waals surface area contributed by atoms with E-state index in [1.807, 2.05) is 6.07 Å². The van der Waals surface area contributed by atoms with Crippen molar-refractivity contribution < 1.29 is 17.9 Å². The summed E-state index contributed by atoms with van der Waals surface area (Å²) in [5, 5.41) is 5.11. The van der Waals surface area contributed by atoms with Crippen LogP contribution < -0.4 is 4.74 Å². The Hall–Kier alpha value is -2.87. The fourth-order valence-electron chi connectivity index (χ4n) is 3.75. The maximum Gasteiger partial charge on any atom is 0.422 e. The third kappa shape index (κ3) is 3.48. The van der Waals surface area contributed by atoms with Crippen molar-refractivity contribution in [3.63, 3.8) is 0 Å². The fraction of sp³-hybridized carbons (Fsp3) is 0.250. The number of alkyl halides is 3. The minimum atomic E-state index is -4.41. The molecule has 1 fully saturated rings.